The fourth-order valence-electron chi connectivity index (χ4n) is 3.71. The summed E-state index contributed by atoms with van der Waals surface area (Å²) in [6.07, 6.45) is -0.235. The zero-order valence-electron chi connectivity index (χ0n) is 19.9. The van der Waals surface area contributed by atoms with Gasteiger partial charge in [0.25, 0.3) is 5.91 Å². The number of aromatic nitrogens is 4. The Kier molecular flexibility index (Phi) is 8.15. The molecule has 12 heteroatoms. The monoisotopic (exact) mass is 519 g/mol. The van der Waals surface area contributed by atoms with Crippen molar-refractivity contribution in [3.05, 3.63) is 48.5 Å². The average Bonchev–Trinajstić information content (AvgIpc) is 3.40. The van der Waals surface area contributed by atoms with Gasteiger partial charge < -0.3 is 24.6 Å². The quantitative estimate of drug-likeness (QED) is 0.181. The lowest BCUT2D eigenvalue weighted by atomic mass is 10.1. The van der Waals surface area contributed by atoms with Gasteiger partial charge in [0.05, 0.1) is 12.2 Å². The van der Waals surface area contributed by atoms with E-state index in [1.54, 1.807) is 28.8 Å². The number of carbonyl (C=O) groups is 1. The largest absolute Gasteiger partial charge is 0.387 e. The van der Waals surface area contributed by atoms with E-state index in [2.05, 4.69) is 39.9 Å². The molecule has 4 atom stereocenters. The summed E-state index contributed by atoms with van der Waals surface area (Å²) in [4.78, 5) is 25.5. The highest BCUT2D eigenvalue weighted by molar-refractivity contribution is 6.76. The minimum absolute atomic E-state index is 0.0149. The van der Waals surface area contributed by atoms with Gasteiger partial charge in [-0.15, -0.1) is 11.6 Å². The molecule has 188 valence electrons. The first-order valence-corrected chi connectivity index (χ1v) is 15.7. The lowest BCUT2D eigenvalue weighted by molar-refractivity contribution is -0.136. The minimum Gasteiger partial charge on any atom is -0.387 e. The van der Waals surface area contributed by atoms with Crippen LogP contribution in [0.3, 0.4) is 0 Å². The van der Waals surface area contributed by atoms with Gasteiger partial charge in [0.15, 0.2) is 23.2 Å². The molecule has 3 heterocycles. The topological polar surface area (TPSA) is 121 Å². The van der Waals surface area contributed by atoms with E-state index < -0.39 is 32.6 Å². The van der Waals surface area contributed by atoms with Crippen LogP contribution in [-0.4, -0.2) is 76.2 Å². The van der Waals surface area contributed by atoms with Crippen molar-refractivity contribution < 1.29 is 24.1 Å². The van der Waals surface area contributed by atoms with Crippen molar-refractivity contribution in [2.75, 3.05) is 24.6 Å². The van der Waals surface area contributed by atoms with Crippen LogP contribution in [0.2, 0.25) is 25.7 Å². The van der Waals surface area contributed by atoms with Crippen LogP contribution in [0, 0.1) is 0 Å². The Morgan fingerprint density at radius 3 is 2.71 bits per heavy atom. The number of nitrogens with zero attached hydrogens (tertiary/aromatic N) is 4. The molecule has 1 saturated heterocycles. The maximum Gasteiger partial charge on any atom is 0.256 e. The van der Waals surface area contributed by atoms with E-state index in [0.29, 0.717) is 23.3 Å². The molecule has 0 bridgehead atoms. The molecule has 10 nitrogen and oxygen atoms in total. The van der Waals surface area contributed by atoms with Gasteiger partial charge in [0.2, 0.25) is 0 Å². The molecule has 0 radical (unpaired) electrons. The number of aliphatic hydroxyl groups is 1. The number of hydrogen-bond acceptors (Lipinski definition) is 8. The van der Waals surface area contributed by atoms with Crippen LogP contribution in [0.4, 0.5) is 5.82 Å². The molecule has 1 fully saturated rings. The number of nitrogens with one attached hydrogen (secondary N) is 1. The number of ether oxygens (including phenoxy) is 3. The summed E-state index contributed by atoms with van der Waals surface area (Å²) in [7, 11) is -1.22. The summed E-state index contributed by atoms with van der Waals surface area (Å²) in [5.41, 5.74) is 1.30. The molecule has 35 heavy (non-hydrogen) atoms. The second-order valence-electron chi connectivity index (χ2n) is 9.54. The minimum atomic E-state index is -1.22. The molecule has 3 aromatic rings. The Morgan fingerprint density at radius 1 is 1.23 bits per heavy atom. The molecule has 2 aromatic heterocycles. The van der Waals surface area contributed by atoms with Crippen LogP contribution in [0.25, 0.3) is 11.2 Å². The Balaban J connectivity index is 1.52. The summed E-state index contributed by atoms with van der Waals surface area (Å²) < 4.78 is 19.2. The number of alkyl halides is 1. The van der Waals surface area contributed by atoms with Crippen molar-refractivity contribution >= 4 is 42.6 Å². The van der Waals surface area contributed by atoms with Gasteiger partial charge in [0.1, 0.15) is 31.4 Å². The molecule has 4 unspecified atom stereocenters. The first-order chi connectivity index (χ1) is 16.8. The number of hydrogen-bond donors (Lipinski definition) is 2. The van der Waals surface area contributed by atoms with E-state index in [1.807, 2.05) is 6.07 Å². The van der Waals surface area contributed by atoms with Crippen LogP contribution in [-0.2, 0) is 14.2 Å². The summed E-state index contributed by atoms with van der Waals surface area (Å²) >= 11 is 6.02. The van der Waals surface area contributed by atoms with Gasteiger partial charge in [-0.25, -0.2) is 15.0 Å². The highest BCUT2D eigenvalue weighted by Gasteiger charge is 2.46. The van der Waals surface area contributed by atoms with Gasteiger partial charge in [0, 0.05) is 20.2 Å². The molecule has 0 saturated carbocycles. The van der Waals surface area contributed by atoms with E-state index in [4.69, 9.17) is 25.8 Å². The highest BCUT2D eigenvalue weighted by Crippen LogP contribution is 2.34. The fraction of sp³-hybridized carbons (Fsp3) is 0.478. The molecule has 2 N–H and O–H groups in total. The lowest BCUT2D eigenvalue weighted by Gasteiger charge is -2.22. The number of fused-ring (bicyclic) bond motifs is 1. The van der Waals surface area contributed by atoms with Crippen molar-refractivity contribution in [2.24, 2.45) is 0 Å². The second-order valence-corrected chi connectivity index (χ2v) is 15.5. The smallest absolute Gasteiger partial charge is 0.256 e. The maximum absolute atomic E-state index is 12.6. The number of imidazole rings is 1. The van der Waals surface area contributed by atoms with Gasteiger partial charge in [-0.2, -0.15) is 0 Å². The van der Waals surface area contributed by atoms with Crippen molar-refractivity contribution in [2.45, 2.75) is 50.2 Å². The molecule has 1 aliphatic rings. The molecule has 1 amide bonds. The number of rotatable bonds is 10. The number of carbonyl (C=O) groups excluding carboxylic acids is 1. The van der Waals surface area contributed by atoms with Crippen molar-refractivity contribution in [1.29, 1.82) is 0 Å². The van der Waals surface area contributed by atoms with E-state index in [0.717, 1.165) is 6.04 Å². The molecule has 0 aliphatic carbocycles. The standard InChI is InChI=1S/C23H30ClN5O5Si/c1-35(2,3)10-9-32-14-33-19-18(30)16(11-24)34-23(19)29-13-27-17-20(25-12-26-21(17)29)28-22(31)15-7-5-4-6-8-15/h4-8,12-13,16,18-19,23,30H,9-11,14H2,1-3H3,(H,25,26,28,31). The first-order valence-electron chi connectivity index (χ1n) is 11.4. The summed E-state index contributed by atoms with van der Waals surface area (Å²) in [5.74, 6) is 0.0438. The molecular weight excluding hydrogens is 490 g/mol. The third-order valence-corrected chi connectivity index (χ3v) is 7.71. The van der Waals surface area contributed by atoms with Crippen molar-refractivity contribution in [3.8, 4) is 0 Å². The van der Waals surface area contributed by atoms with E-state index in [-0.39, 0.29) is 24.4 Å². The van der Waals surface area contributed by atoms with Crippen LogP contribution in [0.5, 0.6) is 0 Å². The third kappa shape index (κ3) is 6.05. The fourth-order valence-corrected chi connectivity index (χ4v) is 4.72. The average molecular weight is 520 g/mol. The second kappa shape index (κ2) is 11.1. The Hall–Kier alpha value is -2.41. The van der Waals surface area contributed by atoms with Crippen LogP contribution in [0.15, 0.2) is 43.0 Å². The molecule has 4 rings (SSSR count). The number of anilines is 1. The number of amides is 1. The summed E-state index contributed by atoms with van der Waals surface area (Å²) in [6, 6.07) is 9.82. The Bertz CT molecular complexity index is 1140. The normalized spacial score (nSPS) is 22.5. The van der Waals surface area contributed by atoms with Gasteiger partial charge in [-0.1, -0.05) is 37.8 Å². The van der Waals surface area contributed by atoms with Crippen LogP contribution >= 0.6 is 11.6 Å². The lowest BCUT2D eigenvalue weighted by Crippen LogP contribution is -2.35. The molecular formula is C23H30ClN5O5Si. The van der Waals surface area contributed by atoms with Crippen LogP contribution in [0.1, 0.15) is 16.6 Å². The molecule has 1 aromatic carbocycles. The SMILES string of the molecule is C[Si](C)(C)CCOCOC1C(O)C(CCl)OC1n1cnc2c(NC(=O)c3ccccc3)ncnc21. The summed E-state index contributed by atoms with van der Waals surface area (Å²) in [5, 5.41) is 13.5. The third-order valence-electron chi connectivity index (χ3n) is 5.71. The molecule has 0 spiro atoms. The van der Waals surface area contributed by atoms with Gasteiger partial charge in [-0.3, -0.25) is 9.36 Å². The van der Waals surface area contributed by atoms with Gasteiger partial charge >= 0.3 is 0 Å². The van der Waals surface area contributed by atoms with E-state index in [1.165, 1.54) is 12.7 Å². The van der Waals surface area contributed by atoms with E-state index in [9.17, 15) is 9.90 Å². The Morgan fingerprint density at radius 2 is 2.00 bits per heavy atom. The number of aliphatic hydroxyl groups excluding tert-OH is 1. The zero-order valence-corrected chi connectivity index (χ0v) is 21.7. The summed E-state index contributed by atoms with van der Waals surface area (Å²) in [6.45, 7) is 7.43. The number of benzene rings is 1. The zero-order chi connectivity index (χ0) is 25.0. The predicted molar refractivity (Wildman–Crippen MR) is 134 cm³/mol. The maximum atomic E-state index is 12.6. The Labute approximate surface area is 209 Å². The predicted octanol–water partition coefficient (Wildman–Crippen LogP) is 3.27. The highest BCUT2D eigenvalue weighted by atomic mass is 35.5. The van der Waals surface area contributed by atoms with Gasteiger partial charge in [-0.05, 0) is 18.2 Å². The molecule has 1 aliphatic heterocycles. The van der Waals surface area contributed by atoms with Crippen molar-refractivity contribution in [1.82, 2.24) is 19.5 Å². The van der Waals surface area contributed by atoms with Crippen molar-refractivity contribution in [3.63, 3.8) is 0 Å². The van der Waals surface area contributed by atoms with Crippen LogP contribution < -0.4 is 5.32 Å². The first kappa shape index (κ1) is 25.7. The van der Waals surface area contributed by atoms with E-state index >= 15 is 0 Å². The number of halogens is 1.